The molecule has 0 saturated heterocycles. The van der Waals surface area contributed by atoms with Gasteiger partial charge in [-0.25, -0.2) is 5.43 Å². The molecule has 31 heavy (non-hydrogen) atoms. The van der Waals surface area contributed by atoms with Gasteiger partial charge in [0.05, 0.1) is 16.8 Å². The molecular weight excluding hydrogens is 392 g/mol. The SMILES string of the molecule is Cc1[nH]c(C=C2C(=O)NN=C2CCc2ccc(N)cc2)c(C)c1C(=O)NCCN(C)C. The summed E-state index contributed by atoms with van der Waals surface area (Å²) in [4.78, 5) is 30.3. The third-order valence-electron chi connectivity index (χ3n) is 5.31. The van der Waals surface area contributed by atoms with E-state index in [-0.39, 0.29) is 11.8 Å². The second-order valence-corrected chi connectivity index (χ2v) is 8.02. The molecule has 1 aliphatic heterocycles. The molecule has 164 valence electrons. The molecule has 0 saturated carbocycles. The summed E-state index contributed by atoms with van der Waals surface area (Å²) in [5.41, 5.74) is 14.3. The molecule has 0 spiro atoms. The molecule has 0 fully saturated rings. The number of carbonyl (C=O) groups is 2. The predicted octanol–water partition coefficient (Wildman–Crippen LogP) is 2.01. The number of aromatic amines is 1. The van der Waals surface area contributed by atoms with Crippen LogP contribution in [0.25, 0.3) is 6.08 Å². The Bertz CT molecular complexity index is 1030. The van der Waals surface area contributed by atoms with Gasteiger partial charge in [0.15, 0.2) is 0 Å². The molecule has 0 bridgehead atoms. The minimum atomic E-state index is -0.240. The standard InChI is InChI=1S/C23H30N6O2/c1-14-20(26-15(2)21(14)23(31)25-11-12-29(3)4)13-18-19(27-28-22(18)30)10-7-16-5-8-17(24)9-6-16/h5-6,8-9,13,26H,7,10-12,24H2,1-4H3,(H,25,31)(H,28,30). The fourth-order valence-electron chi connectivity index (χ4n) is 3.54. The van der Waals surface area contributed by atoms with E-state index < -0.39 is 0 Å². The van der Waals surface area contributed by atoms with E-state index in [0.29, 0.717) is 29.8 Å². The number of likely N-dealkylation sites (N-methyl/N-ethyl adjacent to an activating group) is 1. The van der Waals surface area contributed by atoms with Gasteiger partial charge in [-0.15, -0.1) is 0 Å². The van der Waals surface area contributed by atoms with E-state index in [1.54, 1.807) is 6.08 Å². The van der Waals surface area contributed by atoms with Crippen LogP contribution in [-0.4, -0.2) is 54.6 Å². The number of hydrogen-bond acceptors (Lipinski definition) is 5. The lowest BCUT2D eigenvalue weighted by Crippen LogP contribution is -2.31. The number of aromatic nitrogens is 1. The summed E-state index contributed by atoms with van der Waals surface area (Å²) in [5.74, 6) is -0.359. The maximum atomic E-state index is 12.6. The molecule has 1 aromatic heterocycles. The molecule has 1 aliphatic rings. The van der Waals surface area contributed by atoms with Crippen LogP contribution in [0.3, 0.4) is 0 Å². The number of aryl methyl sites for hydroxylation is 2. The number of hydrogen-bond donors (Lipinski definition) is 4. The Hall–Kier alpha value is -3.39. The average Bonchev–Trinajstić information content (AvgIpc) is 3.20. The van der Waals surface area contributed by atoms with Crippen molar-refractivity contribution in [3.8, 4) is 0 Å². The molecule has 2 amide bonds. The van der Waals surface area contributed by atoms with Gasteiger partial charge in [-0.1, -0.05) is 12.1 Å². The normalized spacial score (nSPS) is 14.8. The van der Waals surface area contributed by atoms with E-state index in [4.69, 9.17) is 5.73 Å². The fraction of sp³-hybridized carbons (Fsp3) is 0.348. The van der Waals surface area contributed by atoms with Gasteiger partial charge in [0.25, 0.3) is 11.8 Å². The molecule has 2 heterocycles. The van der Waals surface area contributed by atoms with Gasteiger partial charge in [-0.3, -0.25) is 9.59 Å². The zero-order valence-corrected chi connectivity index (χ0v) is 18.5. The fourth-order valence-corrected chi connectivity index (χ4v) is 3.54. The molecular formula is C23H30N6O2. The van der Waals surface area contributed by atoms with E-state index in [0.717, 1.165) is 41.2 Å². The topological polar surface area (TPSA) is 116 Å². The van der Waals surface area contributed by atoms with Gasteiger partial charge in [-0.05, 0) is 70.1 Å². The zero-order valence-electron chi connectivity index (χ0n) is 18.5. The van der Waals surface area contributed by atoms with Crippen LogP contribution < -0.4 is 16.5 Å². The number of rotatable bonds is 8. The monoisotopic (exact) mass is 422 g/mol. The molecule has 8 nitrogen and oxygen atoms in total. The van der Waals surface area contributed by atoms with Gasteiger partial charge >= 0.3 is 0 Å². The van der Waals surface area contributed by atoms with Gasteiger partial charge in [0.2, 0.25) is 0 Å². The average molecular weight is 423 g/mol. The maximum Gasteiger partial charge on any atom is 0.273 e. The maximum absolute atomic E-state index is 12.6. The predicted molar refractivity (Wildman–Crippen MR) is 124 cm³/mol. The largest absolute Gasteiger partial charge is 0.399 e. The highest BCUT2D eigenvalue weighted by atomic mass is 16.2. The van der Waals surface area contributed by atoms with Crippen LogP contribution in [-0.2, 0) is 11.2 Å². The van der Waals surface area contributed by atoms with Gasteiger partial charge in [0.1, 0.15) is 0 Å². The van der Waals surface area contributed by atoms with Crippen LogP contribution in [0.2, 0.25) is 0 Å². The molecule has 0 radical (unpaired) electrons. The Labute approximate surface area is 182 Å². The van der Waals surface area contributed by atoms with E-state index in [2.05, 4.69) is 20.8 Å². The number of nitrogens with two attached hydrogens (primary N) is 1. The highest BCUT2D eigenvalue weighted by molar-refractivity contribution is 6.27. The molecule has 3 rings (SSSR count). The first-order chi connectivity index (χ1) is 14.8. The van der Waals surface area contributed by atoms with Crippen LogP contribution in [0, 0.1) is 13.8 Å². The molecule has 5 N–H and O–H groups in total. The number of anilines is 1. The van der Waals surface area contributed by atoms with Crippen molar-refractivity contribution in [2.24, 2.45) is 5.10 Å². The Morgan fingerprint density at radius 3 is 2.58 bits per heavy atom. The van der Waals surface area contributed by atoms with Crippen molar-refractivity contribution in [3.05, 3.63) is 57.9 Å². The summed E-state index contributed by atoms with van der Waals surface area (Å²) < 4.78 is 0. The van der Waals surface area contributed by atoms with Crippen molar-refractivity contribution in [3.63, 3.8) is 0 Å². The van der Waals surface area contributed by atoms with Crippen LogP contribution in [0.15, 0.2) is 34.9 Å². The quantitative estimate of drug-likeness (QED) is 0.385. The second kappa shape index (κ2) is 9.61. The Morgan fingerprint density at radius 1 is 1.19 bits per heavy atom. The van der Waals surface area contributed by atoms with Crippen molar-refractivity contribution in [2.75, 3.05) is 32.9 Å². The summed E-state index contributed by atoms with van der Waals surface area (Å²) in [5, 5.41) is 7.15. The summed E-state index contributed by atoms with van der Waals surface area (Å²) in [7, 11) is 3.92. The number of amides is 2. The zero-order chi connectivity index (χ0) is 22.5. The van der Waals surface area contributed by atoms with E-state index in [1.165, 1.54) is 0 Å². The van der Waals surface area contributed by atoms with Crippen molar-refractivity contribution in [2.45, 2.75) is 26.7 Å². The Kier molecular flexibility index (Phi) is 6.91. The highest BCUT2D eigenvalue weighted by Crippen LogP contribution is 2.23. The van der Waals surface area contributed by atoms with E-state index in [9.17, 15) is 9.59 Å². The van der Waals surface area contributed by atoms with Crippen LogP contribution >= 0.6 is 0 Å². The number of H-pyrrole nitrogens is 1. The lowest BCUT2D eigenvalue weighted by molar-refractivity contribution is -0.116. The Balaban J connectivity index is 1.76. The minimum absolute atomic E-state index is 0.120. The third kappa shape index (κ3) is 5.40. The number of benzene rings is 1. The van der Waals surface area contributed by atoms with Gasteiger partial charge < -0.3 is 20.9 Å². The molecule has 8 heteroatoms. The smallest absolute Gasteiger partial charge is 0.273 e. The number of nitrogens with one attached hydrogen (secondary N) is 3. The first-order valence-corrected chi connectivity index (χ1v) is 10.3. The minimum Gasteiger partial charge on any atom is -0.399 e. The number of nitrogens with zero attached hydrogens (tertiary/aromatic N) is 2. The van der Waals surface area contributed by atoms with Gasteiger partial charge in [-0.2, -0.15) is 5.10 Å². The highest BCUT2D eigenvalue weighted by Gasteiger charge is 2.24. The van der Waals surface area contributed by atoms with Crippen LogP contribution in [0.5, 0.6) is 0 Å². The summed E-state index contributed by atoms with van der Waals surface area (Å²) in [6, 6.07) is 7.68. The molecule has 1 aromatic carbocycles. The second-order valence-electron chi connectivity index (χ2n) is 8.02. The first-order valence-electron chi connectivity index (χ1n) is 10.3. The number of carbonyl (C=O) groups excluding carboxylic acids is 2. The summed E-state index contributed by atoms with van der Waals surface area (Å²) in [6.45, 7) is 5.07. The van der Waals surface area contributed by atoms with Crippen molar-refractivity contribution in [1.82, 2.24) is 20.6 Å². The number of nitrogen functional groups attached to an aromatic ring is 1. The van der Waals surface area contributed by atoms with Crippen molar-refractivity contribution >= 4 is 29.3 Å². The van der Waals surface area contributed by atoms with Crippen LogP contribution in [0.1, 0.15) is 39.3 Å². The molecule has 0 atom stereocenters. The Morgan fingerprint density at radius 2 is 1.90 bits per heavy atom. The van der Waals surface area contributed by atoms with Crippen molar-refractivity contribution < 1.29 is 9.59 Å². The summed E-state index contributed by atoms with van der Waals surface area (Å²) >= 11 is 0. The van der Waals surface area contributed by atoms with Gasteiger partial charge in [0, 0.05) is 30.2 Å². The van der Waals surface area contributed by atoms with E-state index in [1.807, 2.05) is 57.1 Å². The first kappa shape index (κ1) is 22.3. The lowest BCUT2D eigenvalue weighted by Gasteiger charge is -2.10. The summed E-state index contributed by atoms with van der Waals surface area (Å²) in [6.07, 6.45) is 3.14. The molecule has 0 aliphatic carbocycles. The van der Waals surface area contributed by atoms with Crippen LogP contribution in [0.4, 0.5) is 5.69 Å². The molecule has 2 aromatic rings. The van der Waals surface area contributed by atoms with E-state index >= 15 is 0 Å². The molecule has 0 unspecified atom stereocenters. The third-order valence-corrected chi connectivity index (χ3v) is 5.31. The lowest BCUT2D eigenvalue weighted by atomic mass is 10.0. The van der Waals surface area contributed by atoms with Crippen molar-refractivity contribution in [1.29, 1.82) is 0 Å². The number of hydrazone groups is 1.